The van der Waals surface area contributed by atoms with Crippen molar-refractivity contribution in [3.8, 4) is 5.75 Å². The molecule has 206 valence electrons. The van der Waals surface area contributed by atoms with E-state index in [4.69, 9.17) is 9.26 Å². The smallest absolute Gasteiger partial charge is 0.248 e. The van der Waals surface area contributed by atoms with Crippen LogP contribution in [0.4, 0.5) is 5.69 Å². The molecule has 0 fully saturated rings. The second-order valence-electron chi connectivity index (χ2n) is 9.52. The number of fused-ring (bicyclic) bond motifs is 1. The van der Waals surface area contributed by atoms with Crippen molar-refractivity contribution in [2.75, 3.05) is 37.7 Å². The van der Waals surface area contributed by atoms with Gasteiger partial charge in [-0.1, -0.05) is 12.1 Å². The number of likely N-dealkylation sites (N-methyl/N-ethyl adjacent to an activating group) is 1. The van der Waals surface area contributed by atoms with Gasteiger partial charge in [-0.05, 0) is 39.0 Å². The number of rotatable bonds is 8. The van der Waals surface area contributed by atoms with E-state index in [-0.39, 0.29) is 60.0 Å². The Labute approximate surface area is 217 Å². The molecular weight excluding hydrogens is 524 g/mol. The molecule has 0 aliphatic carbocycles. The lowest BCUT2D eigenvalue weighted by atomic mass is 10.0. The third-order valence-electron chi connectivity index (χ3n) is 6.29. The number of amides is 1. The molecule has 2 aromatic rings. The molecule has 37 heavy (non-hydrogen) atoms. The van der Waals surface area contributed by atoms with E-state index in [9.17, 15) is 26.7 Å². The summed E-state index contributed by atoms with van der Waals surface area (Å²) in [6, 6.07) is 4.11. The molecular formula is C23H34N4O8S2. The molecule has 2 N–H and O–H groups in total. The molecule has 0 spiro atoms. The molecule has 1 aromatic carbocycles. The topological polar surface area (TPSA) is 159 Å². The van der Waals surface area contributed by atoms with Gasteiger partial charge in [0.25, 0.3) is 0 Å². The molecule has 0 radical (unpaired) electrons. The minimum absolute atomic E-state index is 0.00619. The number of benzene rings is 1. The number of aliphatic hydroxyl groups is 1. The normalized spacial score (nSPS) is 20.0. The monoisotopic (exact) mass is 558 g/mol. The first kappa shape index (κ1) is 28.9. The first-order valence-corrected chi connectivity index (χ1v) is 15.0. The molecule has 3 rings (SSSR count). The second-order valence-corrected chi connectivity index (χ2v) is 13.3. The number of aromatic nitrogens is 1. The highest BCUT2D eigenvalue weighted by Gasteiger charge is 2.35. The van der Waals surface area contributed by atoms with Crippen LogP contribution in [0.5, 0.6) is 5.75 Å². The number of hydrogen-bond acceptors (Lipinski definition) is 9. The van der Waals surface area contributed by atoms with Crippen molar-refractivity contribution in [2.24, 2.45) is 5.92 Å². The molecule has 1 aliphatic heterocycles. The van der Waals surface area contributed by atoms with Crippen molar-refractivity contribution in [3.05, 3.63) is 35.2 Å². The van der Waals surface area contributed by atoms with Crippen molar-refractivity contribution in [2.45, 2.75) is 51.2 Å². The fraction of sp³-hybridized carbons (Fsp3) is 0.565. The number of hydrogen-bond donors (Lipinski definition) is 2. The molecule has 1 aromatic heterocycles. The third kappa shape index (κ3) is 6.61. The zero-order valence-corrected chi connectivity index (χ0v) is 23.4. The molecule has 2 heterocycles. The van der Waals surface area contributed by atoms with Gasteiger partial charge in [0, 0.05) is 30.8 Å². The average Bonchev–Trinajstić information content (AvgIpc) is 3.16. The predicted octanol–water partition coefficient (Wildman–Crippen LogP) is 1.13. The number of aryl methyl sites for hydroxylation is 2. The number of nitrogens with one attached hydrogen (secondary N) is 1. The van der Waals surface area contributed by atoms with Crippen molar-refractivity contribution in [1.82, 2.24) is 14.4 Å². The van der Waals surface area contributed by atoms with E-state index in [1.165, 1.54) is 35.3 Å². The molecule has 3 atom stereocenters. The predicted molar refractivity (Wildman–Crippen MR) is 136 cm³/mol. The van der Waals surface area contributed by atoms with Gasteiger partial charge in [0.1, 0.15) is 22.4 Å². The number of sulfonamides is 2. The quantitative estimate of drug-likeness (QED) is 0.484. The standard InChI is InChI=1S/C23H34N4O8S2/c1-14-11-27(15(2)13-28)22(29)10-18-9-19(25-36(6,30)31)7-8-20(18)34-21(14)12-26(5)37(32,33)23-16(3)24-35-17(23)4/h7-9,14-15,21,25,28H,10-13H2,1-6H3/t14-,15+,21-/m1/s1. The van der Waals surface area contributed by atoms with E-state index >= 15 is 0 Å². The van der Waals surface area contributed by atoms with Crippen LogP contribution in [-0.2, 0) is 31.3 Å². The number of anilines is 1. The van der Waals surface area contributed by atoms with Crippen LogP contribution in [0.3, 0.4) is 0 Å². The van der Waals surface area contributed by atoms with Crippen LogP contribution in [-0.4, -0.2) is 87.4 Å². The number of carbonyl (C=O) groups is 1. The van der Waals surface area contributed by atoms with Gasteiger partial charge in [-0.3, -0.25) is 9.52 Å². The lowest BCUT2D eigenvalue weighted by Crippen LogP contribution is -2.48. The Morgan fingerprint density at radius 1 is 1.27 bits per heavy atom. The van der Waals surface area contributed by atoms with Crippen LogP contribution in [0.1, 0.15) is 30.9 Å². The Kier molecular flexibility index (Phi) is 8.57. The average molecular weight is 559 g/mol. The Balaban J connectivity index is 2.02. The van der Waals surface area contributed by atoms with Crippen molar-refractivity contribution in [1.29, 1.82) is 0 Å². The fourth-order valence-corrected chi connectivity index (χ4v) is 6.30. The van der Waals surface area contributed by atoms with Crippen molar-refractivity contribution in [3.63, 3.8) is 0 Å². The minimum Gasteiger partial charge on any atom is -0.488 e. The zero-order valence-electron chi connectivity index (χ0n) is 21.8. The van der Waals surface area contributed by atoms with Crippen molar-refractivity contribution >= 4 is 31.6 Å². The highest BCUT2D eigenvalue weighted by molar-refractivity contribution is 7.92. The number of aliphatic hydroxyl groups excluding tert-OH is 1. The van der Waals surface area contributed by atoms with E-state index in [0.717, 1.165) is 6.26 Å². The molecule has 0 unspecified atom stereocenters. The summed E-state index contributed by atoms with van der Waals surface area (Å²) >= 11 is 0. The van der Waals surface area contributed by atoms with E-state index in [1.54, 1.807) is 19.9 Å². The van der Waals surface area contributed by atoms with Gasteiger partial charge in [-0.2, -0.15) is 4.31 Å². The van der Waals surface area contributed by atoms with E-state index in [1.807, 2.05) is 6.92 Å². The second kappa shape index (κ2) is 11.0. The van der Waals surface area contributed by atoms with Crippen molar-refractivity contribution < 1.29 is 36.0 Å². The maximum atomic E-state index is 13.3. The third-order valence-corrected chi connectivity index (χ3v) is 8.97. The number of nitrogens with zero attached hydrogens (tertiary/aromatic N) is 3. The summed E-state index contributed by atoms with van der Waals surface area (Å²) in [5.41, 5.74) is 0.947. The summed E-state index contributed by atoms with van der Waals surface area (Å²) in [7, 11) is -6.08. The summed E-state index contributed by atoms with van der Waals surface area (Å²) in [5.74, 6) is -0.0874. The lowest BCUT2D eigenvalue weighted by Gasteiger charge is -2.33. The summed E-state index contributed by atoms with van der Waals surface area (Å²) in [5, 5.41) is 13.5. The Hall–Kier alpha value is -2.68. The minimum atomic E-state index is -3.96. The molecule has 1 amide bonds. The van der Waals surface area contributed by atoms with Crippen LogP contribution in [0.2, 0.25) is 0 Å². The van der Waals surface area contributed by atoms with Crippen LogP contribution < -0.4 is 9.46 Å². The molecule has 0 saturated heterocycles. The molecule has 14 heteroatoms. The van der Waals surface area contributed by atoms with Gasteiger partial charge in [-0.25, -0.2) is 16.8 Å². The van der Waals surface area contributed by atoms with Crippen LogP contribution in [0.25, 0.3) is 0 Å². The van der Waals surface area contributed by atoms with E-state index in [0.29, 0.717) is 11.3 Å². The Morgan fingerprint density at radius 3 is 2.51 bits per heavy atom. The van der Waals surface area contributed by atoms with Gasteiger partial charge >= 0.3 is 0 Å². The van der Waals surface area contributed by atoms with Gasteiger partial charge < -0.3 is 19.3 Å². The lowest BCUT2D eigenvalue weighted by molar-refractivity contribution is -0.134. The van der Waals surface area contributed by atoms with Gasteiger partial charge in [0.2, 0.25) is 26.0 Å². The first-order chi connectivity index (χ1) is 17.1. The Bertz CT molecular complexity index is 1340. The SMILES string of the molecule is Cc1noc(C)c1S(=O)(=O)N(C)C[C@H]1Oc2ccc(NS(C)(=O)=O)cc2CC(=O)N([C@@H](C)CO)C[C@H]1C. The van der Waals surface area contributed by atoms with E-state index < -0.39 is 32.2 Å². The zero-order chi connectivity index (χ0) is 27.7. The molecule has 0 bridgehead atoms. The Morgan fingerprint density at radius 2 is 1.95 bits per heavy atom. The highest BCUT2D eigenvalue weighted by atomic mass is 32.2. The highest BCUT2D eigenvalue weighted by Crippen LogP contribution is 2.30. The summed E-state index contributed by atoms with van der Waals surface area (Å²) in [6.45, 7) is 6.54. The van der Waals surface area contributed by atoms with Crippen LogP contribution in [0.15, 0.2) is 27.6 Å². The summed E-state index contributed by atoms with van der Waals surface area (Å²) in [4.78, 5) is 14.8. The maximum absolute atomic E-state index is 13.3. The van der Waals surface area contributed by atoms with Gasteiger partial charge in [-0.15, -0.1) is 0 Å². The van der Waals surface area contributed by atoms with Crippen LogP contribution >= 0.6 is 0 Å². The number of carbonyl (C=O) groups excluding carboxylic acids is 1. The first-order valence-electron chi connectivity index (χ1n) is 11.7. The van der Waals surface area contributed by atoms with Crippen LogP contribution in [0, 0.1) is 19.8 Å². The summed E-state index contributed by atoms with van der Waals surface area (Å²) in [6.07, 6.45) is 0.242. The van der Waals surface area contributed by atoms with E-state index in [2.05, 4.69) is 9.88 Å². The summed E-state index contributed by atoms with van der Waals surface area (Å²) < 4.78 is 65.0. The number of ether oxygens (including phenoxy) is 1. The fourth-order valence-electron chi connectivity index (χ4n) is 4.28. The molecule has 12 nitrogen and oxygen atoms in total. The van der Waals surface area contributed by atoms with Gasteiger partial charge in [0.15, 0.2) is 5.76 Å². The molecule has 1 aliphatic rings. The largest absolute Gasteiger partial charge is 0.488 e. The maximum Gasteiger partial charge on any atom is 0.248 e. The van der Waals surface area contributed by atoms with Gasteiger partial charge in [0.05, 0.1) is 31.9 Å². The molecule has 0 saturated carbocycles.